The minimum absolute atomic E-state index is 0.195. The number of aliphatic hydroxyl groups is 1. The van der Waals surface area contributed by atoms with Gasteiger partial charge >= 0.3 is 24.9 Å². The first-order chi connectivity index (χ1) is 26.6. The SMILES string of the molecule is COC(=O)C[C@H](C(=O)NN(Cc1c(F)cc(-c2ccn(C(F)F)n2)cc1F)C[C@H](O)[C@@H](CC(=O)[C@@H](N)C(C)(C)C(F)(F)F)Cc1ccc(I)cc1)C(C)(C)C(F)(F)F. The molecule has 0 aliphatic rings. The van der Waals surface area contributed by atoms with E-state index in [2.05, 4.69) is 15.3 Å². The number of nitrogens with zero attached hydrogens (tertiary/aromatic N) is 3. The Morgan fingerprint density at radius 2 is 1.48 bits per heavy atom. The number of esters is 1. The molecule has 0 spiro atoms. The van der Waals surface area contributed by atoms with Gasteiger partial charge in [-0.25, -0.2) is 18.5 Å². The zero-order chi connectivity index (χ0) is 44.1. The summed E-state index contributed by atoms with van der Waals surface area (Å²) in [4.78, 5) is 39.3. The van der Waals surface area contributed by atoms with Crippen molar-refractivity contribution in [3.05, 3.63) is 75.0 Å². The van der Waals surface area contributed by atoms with Crippen molar-refractivity contribution < 1.29 is 68.1 Å². The largest absolute Gasteiger partial charge is 0.469 e. The summed E-state index contributed by atoms with van der Waals surface area (Å²) in [7, 11) is 0.866. The van der Waals surface area contributed by atoms with Gasteiger partial charge in [0.15, 0.2) is 5.78 Å². The first kappa shape index (κ1) is 48.5. The molecule has 1 amide bonds. The number of ketones is 1. The number of halogens is 11. The lowest BCUT2D eigenvalue weighted by molar-refractivity contribution is -0.231. The third-order valence-corrected chi connectivity index (χ3v) is 10.8. The highest BCUT2D eigenvalue weighted by Crippen LogP contribution is 2.45. The third kappa shape index (κ3) is 11.9. The summed E-state index contributed by atoms with van der Waals surface area (Å²) in [6, 6.07) is 6.85. The van der Waals surface area contributed by atoms with Gasteiger partial charge in [-0.1, -0.05) is 26.0 Å². The minimum Gasteiger partial charge on any atom is -0.469 e. The quantitative estimate of drug-likeness (QED) is 0.0516. The number of nitrogens with two attached hydrogens (primary N) is 1. The molecular formula is C37H42F10IN5O5. The number of amides is 1. The van der Waals surface area contributed by atoms with E-state index in [4.69, 9.17) is 5.73 Å². The number of hydrazine groups is 1. The zero-order valence-corrected chi connectivity index (χ0v) is 33.9. The van der Waals surface area contributed by atoms with E-state index >= 15 is 8.78 Å². The van der Waals surface area contributed by atoms with Gasteiger partial charge in [0, 0.05) is 40.4 Å². The molecule has 2 aromatic carbocycles. The molecule has 0 saturated heterocycles. The van der Waals surface area contributed by atoms with Crippen molar-refractivity contribution in [2.75, 3.05) is 13.7 Å². The van der Waals surface area contributed by atoms with E-state index in [1.165, 1.54) is 0 Å². The molecule has 3 rings (SSSR count). The van der Waals surface area contributed by atoms with E-state index in [0.29, 0.717) is 50.4 Å². The van der Waals surface area contributed by atoms with Crippen LogP contribution in [0.2, 0.25) is 0 Å². The molecule has 1 heterocycles. The smallest absolute Gasteiger partial charge is 0.395 e. The van der Waals surface area contributed by atoms with Crippen LogP contribution in [0.1, 0.15) is 58.2 Å². The third-order valence-electron chi connectivity index (χ3n) is 10.1. The molecule has 4 atom stereocenters. The molecule has 0 saturated carbocycles. The summed E-state index contributed by atoms with van der Waals surface area (Å²) >= 11 is 2.00. The summed E-state index contributed by atoms with van der Waals surface area (Å²) < 4.78 is 147. The molecule has 0 radical (unpaired) electrons. The number of aliphatic hydroxyl groups excluding tert-OH is 1. The number of Topliss-reactive ketones (excluding diaryl/α,β-unsaturated/α-hetero) is 1. The Labute approximate surface area is 340 Å². The molecule has 0 aliphatic heterocycles. The van der Waals surface area contributed by atoms with Gasteiger partial charge in [-0.2, -0.15) is 40.2 Å². The fourth-order valence-electron chi connectivity index (χ4n) is 5.81. The molecule has 3 aromatic rings. The van der Waals surface area contributed by atoms with Gasteiger partial charge in [-0.15, -0.1) is 0 Å². The van der Waals surface area contributed by atoms with Crippen LogP contribution in [0.25, 0.3) is 11.3 Å². The van der Waals surface area contributed by atoms with E-state index in [9.17, 15) is 54.6 Å². The number of aromatic nitrogens is 2. The number of nitrogens with one attached hydrogen (secondary N) is 1. The van der Waals surface area contributed by atoms with Crippen molar-refractivity contribution in [2.45, 2.75) is 84.5 Å². The van der Waals surface area contributed by atoms with E-state index in [1.807, 2.05) is 22.6 Å². The van der Waals surface area contributed by atoms with Crippen LogP contribution in [-0.2, 0) is 32.1 Å². The summed E-state index contributed by atoms with van der Waals surface area (Å²) in [6.07, 6.45) is -13.1. The predicted molar refractivity (Wildman–Crippen MR) is 197 cm³/mol. The molecule has 322 valence electrons. The molecule has 4 N–H and O–H groups in total. The Morgan fingerprint density at radius 3 is 1.97 bits per heavy atom. The van der Waals surface area contributed by atoms with Gasteiger partial charge in [0.05, 0.1) is 48.1 Å². The van der Waals surface area contributed by atoms with Crippen LogP contribution in [0.5, 0.6) is 0 Å². The second kappa shape index (κ2) is 19.0. The summed E-state index contributed by atoms with van der Waals surface area (Å²) in [5.41, 5.74) is 1.33. The van der Waals surface area contributed by atoms with E-state index < -0.39 is 115 Å². The lowest BCUT2D eigenvalue weighted by atomic mass is 9.75. The average Bonchev–Trinajstić information content (AvgIpc) is 3.62. The number of rotatable bonds is 18. The van der Waals surface area contributed by atoms with Gasteiger partial charge in [-0.3, -0.25) is 19.8 Å². The molecule has 0 bridgehead atoms. The summed E-state index contributed by atoms with van der Waals surface area (Å²) in [5, 5.41) is 15.8. The number of ether oxygens (including phenoxy) is 1. The lowest BCUT2D eigenvalue weighted by Gasteiger charge is -2.37. The maximum atomic E-state index is 15.7. The Morgan fingerprint density at radius 1 is 0.931 bits per heavy atom. The Bertz CT molecular complexity index is 1880. The van der Waals surface area contributed by atoms with Crippen LogP contribution in [0.3, 0.4) is 0 Å². The first-order valence-corrected chi connectivity index (χ1v) is 18.5. The van der Waals surface area contributed by atoms with Crippen molar-refractivity contribution in [2.24, 2.45) is 28.4 Å². The number of carbonyl (C=O) groups excluding carboxylic acids is 3. The standard InChI is InChI=1S/C37H42F10IN5O5/c1-34(2,36(42,43)44)24(16-30(56)58-5)32(57)51-52(17-23-25(38)13-20(14-26(23)39)27-10-11-53(50-27)33(40)41)18-29(55)21(12-19-6-8-22(48)9-7-19)15-28(54)31(49)35(3,4)37(45,46)47/h6-11,13-14,21,24,29,31,33,55H,12,15-18,49H2,1-5H3,(H,51,57)/t21-,24-,29+,31-/m1/s1. The van der Waals surface area contributed by atoms with Gasteiger partial charge in [-0.05, 0) is 84.7 Å². The molecule has 58 heavy (non-hydrogen) atoms. The highest BCUT2D eigenvalue weighted by Gasteiger charge is 2.56. The van der Waals surface area contributed by atoms with Crippen LogP contribution in [0.4, 0.5) is 43.9 Å². The number of carbonyl (C=O) groups is 3. The highest BCUT2D eigenvalue weighted by atomic mass is 127. The molecule has 0 aliphatic carbocycles. The minimum atomic E-state index is -5.10. The number of benzene rings is 2. The fraction of sp³-hybridized carbons (Fsp3) is 0.514. The summed E-state index contributed by atoms with van der Waals surface area (Å²) in [6.45, 7) is -2.33. The van der Waals surface area contributed by atoms with Crippen molar-refractivity contribution in [1.82, 2.24) is 20.2 Å². The molecule has 0 unspecified atom stereocenters. The van der Waals surface area contributed by atoms with Crippen LogP contribution in [-0.4, -0.2) is 75.7 Å². The van der Waals surface area contributed by atoms with Gasteiger partial charge < -0.3 is 15.6 Å². The second-order valence-electron chi connectivity index (χ2n) is 14.8. The first-order valence-electron chi connectivity index (χ1n) is 17.4. The Hall–Kier alpha value is -3.83. The van der Waals surface area contributed by atoms with Gasteiger partial charge in [0.1, 0.15) is 11.6 Å². The average molecular weight is 954 g/mol. The number of alkyl halides is 8. The van der Waals surface area contributed by atoms with Gasteiger partial charge in [0.25, 0.3) is 0 Å². The molecule has 21 heteroatoms. The van der Waals surface area contributed by atoms with Crippen LogP contribution in [0.15, 0.2) is 48.7 Å². The normalized spacial score (nSPS) is 15.0. The van der Waals surface area contributed by atoms with Crippen molar-refractivity contribution >= 4 is 40.3 Å². The highest BCUT2D eigenvalue weighted by molar-refractivity contribution is 14.1. The van der Waals surface area contributed by atoms with E-state index in [1.54, 1.807) is 24.3 Å². The maximum Gasteiger partial charge on any atom is 0.395 e. The van der Waals surface area contributed by atoms with E-state index in [-0.39, 0.29) is 22.4 Å². The molecule has 1 aromatic heterocycles. The van der Waals surface area contributed by atoms with Crippen molar-refractivity contribution in [1.29, 1.82) is 0 Å². The van der Waals surface area contributed by atoms with Crippen LogP contribution >= 0.6 is 22.6 Å². The Kier molecular flexibility index (Phi) is 15.9. The fourth-order valence-corrected chi connectivity index (χ4v) is 6.17. The van der Waals surface area contributed by atoms with Crippen LogP contribution in [0, 0.1) is 37.9 Å². The topological polar surface area (TPSA) is 140 Å². The molecular weight excluding hydrogens is 911 g/mol. The number of methoxy groups -OCH3 is 1. The lowest BCUT2D eigenvalue weighted by Crippen LogP contribution is -2.54. The van der Waals surface area contributed by atoms with Crippen molar-refractivity contribution in [3.8, 4) is 11.3 Å². The monoisotopic (exact) mass is 953 g/mol. The number of hydrogen-bond donors (Lipinski definition) is 3. The number of hydrogen-bond acceptors (Lipinski definition) is 8. The predicted octanol–water partition coefficient (Wildman–Crippen LogP) is 7.52. The van der Waals surface area contributed by atoms with Gasteiger partial charge in [0.2, 0.25) is 5.91 Å². The molecule has 0 fully saturated rings. The molecule has 10 nitrogen and oxygen atoms in total. The summed E-state index contributed by atoms with van der Waals surface area (Å²) in [5.74, 6) is -10.1. The maximum absolute atomic E-state index is 15.7. The van der Waals surface area contributed by atoms with E-state index in [0.717, 1.165) is 22.9 Å². The van der Waals surface area contributed by atoms with Crippen LogP contribution < -0.4 is 11.2 Å². The zero-order valence-electron chi connectivity index (χ0n) is 31.7. The van der Waals surface area contributed by atoms with Crippen molar-refractivity contribution in [3.63, 3.8) is 0 Å². The second-order valence-corrected chi connectivity index (χ2v) is 16.1. The Balaban J connectivity index is 2.11.